The molecule has 0 aliphatic rings. The van der Waals surface area contributed by atoms with Gasteiger partial charge < -0.3 is 14.9 Å². The summed E-state index contributed by atoms with van der Waals surface area (Å²) >= 11 is 0. The molecule has 0 radical (unpaired) electrons. The first-order valence-corrected chi connectivity index (χ1v) is 5.52. The molecule has 0 saturated heterocycles. The first-order chi connectivity index (χ1) is 7.65. The number of hydrogen-bond donors (Lipinski definition) is 4. The SMILES string of the molecule is CCC(O)(c1nc[nH]n1)C(F)(F)F.O=[PH](O)O. The van der Waals surface area contributed by atoms with Crippen LogP contribution in [0.15, 0.2) is 6.33 Å². The Morgan fingerprint density at radius 3 is 2.18 bits per heavy atom. The van der Waals surface area contributed by atoms with E-state index in [1.54, 1.807) is 0 Å². The van der Waals surface area contributed by atoms with Crippen molar-refractivity contribution in [2.75, 3.05) is 0 Å². The summed E-state index contributed by atoms with van der Waals surface area (Å²) < 4.78 is 45.7. The van der Waals surface area contributed by atoms with E-state index in [9.17, 15) is 18.3 Å². The minimum atomic E-state index is -4.76. The Kier molecular flexibility index (Phi) is 5.76. The lowest BCUT2D eigenvalue weighted by atomic mass is 9.99. The zero-order chi connectivity index (χ0) is 13.7. The third-order valence-corrected chi connectivity index (χ3v) is 1.77. The van der Waals surface area contributed by atoms with Crippen LogP contribution in [-0.2, 0) is 10.2 Å². The van der Waals surface area contributed by atoms with Gasteiger partial charge in [0, 0.05) is 0 Å². The summed E-state index contributed by atoms with van der Waals surface area (Å²) in [6, 6.07) is 0. The molecule has 1 aromatic rings. The molecule has 11 heteroatoms. The summed E-state index contributed by atoms with van der Waals surface area (Å²) in [5.74, 6) is -0.650. The van der Waals surface area contributed by atoms with E-state index in [0.717, 1.165) is 6.33 Å². The van der Waals surface area contributed by atoms with Crippen molar-refractivity contribution in [1.29, 1.82) is 0 Å². The number of alkyl halides is 3. The van der Waals surface area contributed by atoms with E-state index in [1.807, 2.05) is 0 Å². The van der Waals surface area contributed by atoms with Gasteiger partial charge in [-0.2, -0.15) is 18.3 Å². The average Bonchev–Trinajstić information content (AvgIpc) is 2.66. The normalized spacial score (nSPS) is 15.1. The second kappa shape index (κ2) is 6.10. The largest absolute Gasteiger partial charge is 0.424 e. The molecule has 0 bridgehead atoms. The summed E-state index contributed by atoms with van der Waals surface area (Å²) in [5, 5.41) is 14.6. The second-order valence-electron chi connectivity index (χ2n) is 2.82. The van der Waals surface area contributed by atoms with Gasteiger partial charge in [-0.1, -0.05) is 6.92 Å². The van der Waals surface area contributed by atoms with Gasteiger partial charge in [0.1, 0.15) is 6.33 Å². The van der Waals surface area contributed by atoms with Crippen molar-refractivity contribution >= 4 is 8.25 Å². The number of halogens is 3. The minimum absolute atomic E-state index is 0.519. The quantitative estimate of drug-likeness (QED) is 0.578. The summed E-state index contributed by atoms with van der Waals surface area (Å²) in [5.41, 5.74) is -2.95. The molecule has 0 aliphatic heterocycles. The fourth-order valence-corrected chi connectivity index (χ4v) is 0.893. The lowest BCUT2D eigenvalue weighted by Gasteiger charge is -2.25. The third kappa shape index (κ3) is 4.43. The van der Waals surface area contributed by atoms with Gasteiger partial charge in [0.25, 0.3) is 0 Å². The first-order valence-electron chi connectivity index (χ1n) is 4.22. The van der Waals surface area contributed by atoms with Crippen LogP contribution < -0.4 is 0 Å². The predicted octanol–water partition coefficient (Wildman–Crippen LogP) is 0.325. The molecule has 17 heavy (non-hydrogen) atoms. The predicted molar refractivity (Wildman–Crippen MR) is 50.1 cm³/mol. The highest BCUT2D eigenvalue weighted by atomic mass is 31.1. The van der Waals surface area contributed by atoms with Crippen LogP contribution in [0.3, 0.4) is 0 Å². The van der Waals surface area contributed by atoms with Crippen molar-refractivity contribution in [1.82, 2.24) is 15.2 Å². The van der Waals surface area contributed by atoms with E-state index in [4.69, 9.17) is 14.4 Å². The molecular formula is C6H11F3N3O4P. The highest BCUT2D eigenvalue weighted by molar-refractivity contribution is 7.30. The number of nitrogens with zero attached hydrogens (tertiary/aromatic N) is 2. The molecule has 0 amide bonds. The molecule has 0 aliphatic carbocycles. The molecule has 0 saturated carbocycles. The van der Waals surface area contributed by atoms with E-state index in [2.05, 4.69) is 15.2 Å². The topological polar surface area (TPSA) is 119 Å². The van der Waals surface area contributed by atoms with Crippen LogP contribution in [0.2, 0.25) is 0 Å². The molecule has 0 spiro atoms. The molecule has 1 atom stereocenters. The van der Waals surface area contributed by atoms with Crippen molar-refractivity contribution in [3.63, 3.8) is 0 Å². The van der Waals surface area contributed by atoms with E-state index >= 15 is 0 Å². The highest BCUT2D eigenvalue weighted by Gasteiger charge is 2.56. The van der Waals surface area contributed by atoms with Gasteiger partial charge in [-0.05, 0) is 6.42 Å². The molecule has 1 rings (SSSR count). The molecule has 0 aromatic carbocycles. The monoisotopic (exact) mass is 277 g/mol. The number of H-pyrrole nitrogens is 1. The van der Waals surface area contributed by atoms with Gasteiger partial charge in [-0.25, -0.2) is 4.98 Å². The molecule has 1 unspecified atom stereocenters. The number of nitrogens with one attached hydrogen (secondary N) is 1. The van der Waals surface area contributed by atoms with Crippen molar-refractivity contribution in [2.45, 2.75) is 25.1 Å². The molecule has 7 nitrogen and oxygen atoms in total. The van der Waals surface area contributed by atoms with Gasteiger partial charge >= 0.3 is 14.4 Å². The maximum atomic E-state index is 12.3. The maximum Gasteiger partial charge on any atom is 0.424 e. The van der Waals surface area contributed by atoms with E-state index < -0.39 is 32.3 Å². The van der Waals surface area contributed by atoms with Crippen molar-refractivity contribution in [3.05, 3.63) is 12.2 Å². The third-order valence-electron chi connectivity index (χ3n) is 1.77. The number of aliphatic hydroxyl groups is 1. The Labute approximate surface area is 94.3 Å². The summed E-state index contributed by atoms with van der Waals surface area (Å²) in [6.45, 7) is 1.21. The lowest BCUT2D eigenvalue weighted by molar-refractivity contribution is -0.270. The van der Waals surface area contributed by atoms with E-state index in [1.165, 1.54) is 6.92 Å². The first kappa shape index (κ1) is 16.0. The van der Waals surface area contributed by atoms with Gasteiger partial charge in [0.2, 0.25) is 5.60 Å². The minimum Gasteiger partial charge on any atom is -0.374 e. The Morgan fingerprint density at radius 2 is 1.94 bits per heavy atom. The summed E-state index contributed by atoms with van der Waals surface area (Å²) in [7, 11) is -3.13. The number of aromatic nitrogens is 3. The lowest BCUT2D eigenvalue weighted by Crippen LogP contribution is -2.42. The van der Waals surface area contributed by atoms with Crippen molar-refractivity contribution in [3.8, 4) is 0 Å². The average molecular weight is 277 g/mol. The van der Waals surface area contributed by atoms with E-state index in [-0.39, 0.29) is 0 Å². The molecular weight excluding hydrogens is 266 g/mol. The Hall–Kier alpha value is -0.960. The maximum absolute atomic E-state index is 12.3. The number of hydrogen-bond acceptors (Lipinski definition) is 4. The zero-order valence-corrected chi connectivity index (χ0v) is 9.56. The van der Waals surface area contributed by atoms with Gasteiger partial charge in [0.15, 0.2) is 5.82 Å². The van der Waals surface area contributed by atoms with Gasteiger partial charge in [-0.15, -0.1) is 0 Å². The fraction of sp³-hybridized carbons (Fsp3) is 0.667. The number of aromatic amines is 1. The van der Waals surface area contributed by atoms with Crippen LogP contribution in [0, 0.1) is 0 Å². The smallest absolute Gasteiger partial charge is 0.374 e. The van der Waals surface area contributed by atoms with Crippen LogP contribution in [0.25, 0.3) is 0 Å². The molecule has 1 aromatic heterocycles. The van der Waals surface area contributed by atoms with Crippen molar-refractivity contribution in [2.24, 2.45) is 0 Å². The Bertz CT molecular complexity index is 354. The summed E-state index contributed by atoms with van der Waals surface area (Å²) in [4.78, 5) is 17.6. The zero-order valence-electron chi connectivity index (χ0n) is 8.56. The van der Waals surface area contributed by atoms with Crippen LogP contribution >= 0.6 is 8.25 Å². The number of rotatable bonds is 2. The van der Waals surface area contributed by atoms with Gasteiger partial charge in [-0.3, -0.25) is 9.66 Å². The van der Waals surface area contributed by atoms with Crippen LogP contribution in [0.4, 0.5) is 13.2 Å². The fourth-order valence-electron chi connectivity index (χ4n) is 0.893. The van der Waals surface area contributed by atoms with E-state index in [0.29, 0.717) is 0 Å². The van der Waals surface area contributed by atoms with Crippen LogP contribution in [0.5, 0.6) is 0 Å². The highest BCUT2D eigenvalue weighted by Crippen LogP contribution is 2.39. The van der Waals surface area contributed by atoms with Crippen LogP contribution in [0.1, 0.15) is 19.2 Å². The Balaban J connectivity index is 0.000000557. The second-order valence-corrected chi connectivity index (χ2v) is 3.38. The van der Waals surface area contributed by atoms with Crippen molar-refractivity contribution < 1.29 is 32.6 Å². The summed E-state index contributed by atoms with van der Waals surface area (Å²) in [6.07, 6.45) is -4.29. The standard InChI is InChI=1S/C6H8F3N3O.H3O3P/c1-2-5(13,6(7,8)9)4-10-3-11-12-4;1-4(2)3/h3,13H,2H2,1H3,(H,10,11,12);4H,(H2,1,2,3). The molecule has 100 valence electrons. The molecule has 4 N–H and O–H groups in total. The Morgan fingerprint density at radius 1 is 1.47 bits per heavy atom. The molecule has 1 heterocycles. The van der Waals surface area contributed by atoms with Crippen LogP contribution in [-0.4, -0.2) is 36.3 Å². The van der Waals surface area contributed by atoms with Gasteiger partial charge in [0.05, 0.1) is 0 Å². The molecule has 0 fully saturated rings.